The Morgan fingerprint density at radius 1 is 1.29 bits per heavy atom. The lowest BCUT2D eigenvalue weighted by Crippen LogP contribution is -2.32. The van der Waals surface area contributed by atoms with Crippen molar-refractivity contribution in [2.45, 2.75) is 45.6 Å². The Kier molecular flexibility index (Phi) is 5.21. The van der Waals surface area contributed by atoms with Crippen molar-refractivity contribution in [1.82, 2.24) is 0 Å². The van der Waals surface area contributed by atoms with Crippen LogP contribution in [-0.4, -0.2) is 18.6 Å². The second-order valence-electron chi connectivity index (χ2n) is 8.32. The van der Waals surface area contributed by atoms with Crippen molar-refractivity contribution < 1.29 is 23.1 Å². The number of benzene rings is 2. The lowest BCUT2D eigenvalue weighted by atomic mass is 9.91. The maximum atomic E-state index is 13.8. The quantitative estimate of drug-likeness (QED) is 0.622. The molecule has 0 unspecified atom stereocenters. The number of rotatable bonds is 4. The number of para-hydroxylation sites is 1. The third-order valence-electron chi connectivity index (χ3n) is 5.64. The summed E-state index contributed by atoms with van der Waals surface area (Å²) in [4.78, 5) is 25.3. The number of hydrogen-bond donors (Lipinski definition) is 1. The minimum absolute atomic E-state index is 0.0572. The molecule has 1 amide bonds. The number of aryl methyl sites for hydroxylation is 2. The third kappa shape index (κ3) is 3.87. The molecule has 1 N–H and O–H groups in total. The third-order valence-corrected chi connectivity index (χ3v) is 5.64. The molecule has 2 aromatic carbocycles. The number of carbonyl (C=O) groups is 1. The van der Waals surface area contributed by atoms with Crippen molar-refractivity contribution in [3.05, 3.63) is 63.3 Å². The minimum atomic E-state index is -0.603. The predicted octanol–water partition coefficient (Wildman–Crippen LogP) is 4.53. The van der Waals surface area contributed by atoms with Crippen LogP contribution in [0, 0.1) is 12.7 Å². The van der Waals surface area contributed by atoms with Gasteiger partial charge in [-0.25, -0.2) is 9.18 Å². The maximum Gasteiger partial charge on any atom is 0.340 e. The highest BCUT2D eigenvalue weighted by Gasteiger charge is 2.31. The van der Waals surface area contributed by atoms with Crippen LogP contribution < -0.4 is 20.4 Å². The molecule has 3 aromatic rings. The summed E-state index contributed by atoms with van der Waals surface area (Å²) in [6.45, 7) is 5.77. The molecule has 0 fully saturated rings. The van der Waals surface area contributed by atoms with Crippen molar-refractivity contribution in [2.75, 3.05) is 12.4 Å². The fourth-order valence-electron chi connectivity index (χ4n) is 3.96. The lowest BCUT2D eigenvalue weighted by Gasteiger charge is -2.33. The SMILES string of the molecule is COc1cc2c(c3oc(=O)c(CC(=O)Nc4ccccc4F)c(C)c13)CCC(C)(C)O2. The molecule has 0 radical (unpaired) electrons. The minimum Gasteiger partial charge on any atom is -0.496 e. The van der Waals surface area contributed by atoms with Crippen molar-refractivity contribution in [2.24, 2.45) is 0 Å². The van der Waals surface area contributed by atoms with Gasteiger partial charge in [0.15, 0.2) is 0 Å². The molecule has 2 heterocycles. The average molecular weight is 425 g/mol. The highest BCUT2D eigenvalue weighted by molar-refractivity contribution is 5.95. The van der Waals surface area contributed by atoms with Crippen LogP contribution in [0.5, 0.6) is 11.5 Å². The molecule has 0 saturated carbocycles. The summed E-state index contributed by atoms with van der Waals surface area (Å²) >= 11 is 0. The molecular formula is C24H24FNO5. The standard InChI is InChI=1S/C24H24FNO5/c1-13-15(11-20(27)26-17-8-6-5-7-16(17)25)23(28)30-22-14-9-10-24(2,3)31-18(14)12-19(29-4)21(13)22/h5-8,12H,9-11H2,1-4H3,(H,26,27). The van der Waals surface area contributed by atoms with E-state index in [-0.39, 0.29) is 23.3 Å². The van der Waals surface area contributed by atoms with E-state index in [1.165, 1.54) is 25.3 Å². The van der Waals surface area contributed by atoms with Gasteiger partial charge in [0.25, 0.3) is 0 Å². The first-order chi connectivity index (χ1) is 14.7. The largest absolute Gasteiger partial charge is 0.496 e. The van der Waals surface area contributed by atoms with Crippen molar-refractivity contribution in [1.29, 1.82) is 0 Å². The number of carbonyl (C=O) groups excluding carboxylic acids is 1. The molecule has 1 aromatic heterocycles. The van der Waals surface area contributed by atoms with Gasteiger partial charge < -0.3 is 19.2 Å². The predicted molar refractivity (Wildman–Crippen MR) is 116 cm³/mol. The Morgan fingerprint density at radius 2 is 2.03 bits per heavy atom. The fraction of sp³-hybridized carbons (Fsp3) is 0.333. The number of fused-ring (bicyclic) bond motifs is 3. The second-order valence-corrected chi connectivity index (χ2v) is 8.32. The maximum absolute atomic E-state index is 13.8. The van der Waals surface area contributed by atoms with Crippen LogP contribution in [0.4, 0.5) is 10.1 Å². The smallest absolute Gasteiger partial charge is 0.340 e. The molecule has 31 heavy (non-hydrogen) atoms. The molecule has 7 heteroatoms. The number of hydrogen-bond acceptors (Lipinski definition) is 5. The van der Waals surface area contributed by atoms with Crippen LogP contribution in [0.2, 0.25) is 0 Å². The first-order valence-electron chi connectivity index (χ1n) is 10.1. The Bertz CT molecular complexity index is 1240. The van der Waals surface area contributed by atoms with Crippen LogP contribution in [0.15, 0.2) is 39.5 Å². The van der Waals surface area contributed by atoms with Crippen molar-refractivity contribution >= 4 is 22.6 Å². The van der Waals surface area contributed by atoms with Crippen LogP contribution >= 0.6 is 0 Å². The van der Waals surface area contributed by atoms with Crippen molar-refractivity contribution in [3.8, 4) is 11.5 Å². The second kappa shape index (κ2) is 7.72. The highest BCUT2D eigenvalue weighted by atomic mass is 19.1. The van der Waals surface area contributed by atoms with E-state index < -0.39 is 17.3 Å². The first kappa shape index (κ1) is 20.9. The van der Waals surface area contributed by atoms with Gasteiger partial charge in [0, 0.05) is 11.6 Å². The molecule has 162 valence electrons. The van der Waals surface area contributed by atoms with Gasteiger partial charge in [0.05, 0.1) is 30.2 Å². The normalized spacial score (nSPS) is 14.6. The monoisotopic (exact) mass is 425 g/mol. The zero-order valence-electron chi connectivity index (χ0n) is 17.9. The number of halogens is 1. The highest BCUT2D eigenvalue weighted by Crippen LogP contribution is 2.43. The molecule has 1 aliphatic heterocycles. The molecule has 1 aliphatic rings. The van der Waals surface area contributed by atoms with E-state index in [9.17, 15) is 14.0 Å². The summed E-state index contributed by atoms with van der Waals surface area (Å²) in [6.07, 6.45) is 1.22. The molecule has 6 nitrogen and oxygen atoms in total. The van der Waals surface area contributed by atoms with E-state index in [4.69, 9.17) is 13.9 Å². The fourth-order valence-corrected chi connectivity index (χ4v) is 3.96. The first-order valence-corrected chi connectivity index (χ1v) is 10.1. The Morgan fingerprint density at radius 3 is 2.74 bits per heavy atom. The van der Waals surface area contributed by atoms with Gasteiger partial charge in [-0.2, -0.15) is 0 Å². The van der Waals surface area contributed by atoms with Crippen LogP contribution in [0.25, 0.3) is 11.0 Å². The Balaban J connectivity index is 1.77. The van der Waals surface area contributed by atoms with E-state index in [2.05, 4.69) is 5.32 Å². The zero-order chi connectivity index (χ0) is 22.3. The van der Waals surface area contributed by atoms with Gasteiger partial charge in [-0.15, -0.1) is 0 Å². The molecular weight excluding hydrogens is 401 g/mol. The summed E-state index contributed by atoms with van der Waals surface area (Å²) in [7, 11) is 1.53. The molecule has 0 spiro atoms. The topological polar surface area (TPSA) is 77.8 Å². The van der Waals surface area contributed by atoms with E-state index in [1.807, 2.05) is 13.8 Å². The van der Waals surface area contributed by atoms with Crippen LogP contribution in [0.3, 0.4) is 0 Å². The van der Waals surface area contributed by atoms with Crippen molar-refractivity contribution in [3.63, 3.8) is 0 Å². The number of anilines is 1. The van der Waals surface area contributed by atoms with Gasteiger partial charge in [0.2, 0.25) is 5.91 Å². The summed E-state index contributed by atoms with van der Waals surface area (Å²) in [5.41, 5.74) is 1.17. The van der Waals surface area contributed by atoms with Crippen LogP contribution in [-0.2, 0) is 17.6 Å². The summed E-state index contributed by atoms with van der Waals surface area (Å²) in [6, 6.07) is 7.66. The van der Waals surface area contributed by atoms with Crippen LogP contribution in [0.1, 0.15) is 37.0 Å². The van der Waals surface area contributed by atoms with Gasteiger partial charge in [-0.3, -0.25) is 4.79 Å². The summed E-state index contributed by atoms with van der Waals surface area (Å²) in [5, 5.41) is 3.14. The number of nitrogens with one attached hydrogen (secondary N) is 1. The molecule has 0 atom stereocenters. The molecule has 4 rings (SSSR count). The summed E-state index contributed by atoms with van der Waals surface area (Å²) in [5.74, 6) is 0.0767. The molecule has 0 bridgehead atoms. The number of ether oxygens (including phenoxy) is 2. The van der Waals surface area contributed by atoms with E-state index >= 15 is 0 Å². The van der Waals surface area contributed by atoms with Gasteiger partial charge in [-0.1, -0.05) is 12.1 Å². The lowest BCUT2D eigenvalue weighted by molar-refractivity contribution is -0.115. The average Bonchev–Trinajstić information content (AvgIpc) is 2.71. The van der Waals surface area contributed by atoms with E-state index in [0.717, 1.165) is 12.0 Å². The van der Waals surface area contributed by atoms with E-state index in [1.54, 1.807) is 19.1 Å². The molecule has 0 aliphatic carbocycles. The molecule has 0 saturated heterocycles. The van der Waals surface area contributed by atoms with Gasteiger partial charge >= 0.3 is 5.63 Å². The van der Waals surface area contributed by atoms with Gasteiger partial charge in [-0.05, 0) is 51.3 Å². The number of amides is 1. The number of methoxy groups -OCH3 is 1. The Hall–Kier alpha value is -3.35. The summed E-state index contributed by atoms with van der Waals surface area (Å²) < 4.78 is 31.2. The Labute approximate surface area is 179 Å². The van der Waals surface area contributed by atoms with Gasteiger partial charge in [0.1, 0.15) is 28.5 Å². The zero-order valence-corrected chi connectivity index (χ0v) is 17.9. The van der Waals surface area contributed by atoms with E-state index in [0.29, 0.717) is 34.5 Å².